The van der Waals surface area contributed by atoms with Gasteiger partial charge in [0.2, 0.25) is 4.77 Å². The Bertz CT molecular complexity index is 668. The molecule has 1 aromatic heterocycles. The fraction of sp³-hybridized carbons (Fsp3) is 0.308. The zero-order valence-electron chi connectivity index (χ0n) is 10.7. The van der Waals surface area contributed by atoms with Gasteiger partial charge in [0.25, 0.3) is 0 Å². The third-order valence-electron chi connectivity index (χ3n) is 3.11. The highest BCUT2D eigenvalue weighted by Crippen LogP contribution is 2.26. The number of hydrogen-bond acceptors (Lipinski definition) is 5. The van der Waals surface area contributed by atoms with Crippen LogP contribution < -0.4 is 0 Å². The van der Waals surface area contributed by atoms with Crippen molar-refractivity contribution >= 4 is 18.4 Å². The number of hydrogen-bond donors (Lipinski definition) is 2. The number of aromatic amines is 1. The number of phenols is 1. The predicted octanol–water partition coefficient (Wildman–Crippen LogP) is 2.38. The van der Waals surface area contributed by atoms with E-state index in [0.717, 1.165) is 25.0 Å². The van der Waals surface area contributed by atoms with Crippen LogP contribution in [0.3, 0.4) is 0 Å². The molecule has 2 heterocycles. The highest BCUT2D eigenvalue weighted by Gasteiger charge is 2.23. The molecule has 0 radical (unpaired) electrons. The molecule has 1 aliphatic heterocycles. The number of nitrogens with zero attached hydrogens (tertiary/aromatic N) is 3. The maximum absolute atomic E-state index is 9.24. The lowest BCUT2D eigenvalue weighted by Crippen LogP contribution is -2.05. The summed E-state index contributed by atoms with van der Waals surface area (Å²) < 4.78 is 7.62. The summed E-state index contributed by atoms with van der Waals surface area (Å²) in [5, 5.41) is 20.5. The van der Waals surface area contributed by atoms with E-state index in [0.29, 0.717) is 10.6 Å². The molecule has 2 aromatic rings. The van der Waals surface area contributed by atoms with Crippen molar-refractivity contribution in [3.8, 4) is 5.75 Å². The first-order valence-electron chi connectivity index (χ1n) is 6.36. The lowest BCUT2D eigenvalue weighted by atomic mass is 10.2. The first-order valence-corrected chi connectivity index (χ1v) is 6.77. The molecule has 0 saturated carbocycles. The molecule has 6 nitrogen and oxygen atoms in total. The van der Waals surface area contributed by atoms with Gasteiger partial charge in [-0.25, -0.2) is 0 Å². The van der Waals surface area contributed by atoms with Crippen LogP contribution >= 0.6 is 12.2 Å². The summed E-state index contributed by atoms with van der Waals surface area (Å²) in [5.74, 6) is 0.921. The van der Waals surface area contributed by atoms with Gasteiger partial charge in [0.05, 0.1) is 6.21 Å². The quantitative estimate of drug-likeness (QED) is 0.672. The summed E-state index contributed by atoms with van der Waals surface area (Å²) in [4.78, 5) is 0. The first kappa shape index (κ1) is 13.0. The Labute approximate surface area is 120 Å². The second-order valence-corrected chi connectivity index (χ2v) is 4.92. The minimum atomic E-state index is -0.0556. The van der Waals surface area contributed by atoms with Gasteiger partial charge in [-0.05, 0) is 54.9 Å². The molecule has 1 aliphatic rings. The zero-order valence-corrected chi connectivity index (χ0v) is 11.5. The molecule has 2 N–H and O–H groups in total. The van der Waals surface area contributed by atoms with E-state index in [-0.39, 0.29) is 11.9 Å². The summed E-state index contributed by atoms with van der Waals surface area (Å²) in [7, 11) is 0. The van der Waals surface area contributed by atoms with E-state index in [1.807, 2.05) is 0 Å². The van der Waals surface area contributed by atoms with Gasteiger partial charge in [-0.1, -0.05) is 0 Å². The van der Waals surface area contributed by atoms with Gasteiger partial charge < -0.3 is 9.84 Å². The molecule has 20 heavy (non-hydrogen) atoms. The van der Waals surface area contributed by atoms with Crippen LogP contribution in [0.15, 0.2) is 29.4 Å². The van der Waals surface area contributed by atoms with Gasteiger partial charge in [-0.2, -0.15) is 14.9 Å². The van der Waals surface area contributed by atoms with Crippen molar-refractivity contribution in [2.24, 2.45) is 5.10 Å². The van der Waals surface area contributed by atoms with Crippen molar-refractivity contribution in [2.45, 2.75) is 18.9 Å². The summed E-state index contributed by atoms with van der Waals surface area (Å²) in [6, 6.07) is 6.76. The van der Waals surface area contributed by atoms with Crippen LogP contribution in [0.5, 0.6) is 5.75 Å². The van der Waals surface area contributed by atoms with Crippen molar-refractivity contribution in [3.63, 3.8) is 0 Å². The molecule has 1 atom stereocenters. The molecule has 104 valence electrons. The van der Waals surface area contributed by atoms with Gasteiger partial charge >= 0.3 is 0 Å². The van der Waals surface area contributed by atoms with Crippen LogP contribution in [0.4, 0.5) is 0 Å². The molecular weight excluding hydrogens is 276 g/mol. The van der Waals surface area contributed by atoms with Crippen molar-refractivity contribution in [3.05, 3.63) is 40.4 Å². The number of H-pyrrole nitrogens is 1. The molecule has 0 unspecified atom stereocenters. The van der Waals surface area contributed by atoms with Crippen molar-refractivity contribution < 1.29 is 9.84 Å². The number of benzene rings is 1. The number of ether oxygens (including phenoxy) is 1. The molecule has 0 amide bonds. The number of rotatable bonds is 3. The largest absolute Gasteiger partial charge is 0.508 e. The highest BCUT2D eigenvalue weighted by molar-refractivity contribution is 7.71. The number of nitrogens with one attached hydrogen (secondary N) is 1. The van der Waals surface area contributed by atoms with Gasteiger partial charge in [0, 0.05) is 6.61 Å². The number of aromatic nitrogens is 3. The van der Waals surface area contributed by atoms with Crippen molar-refractivity contribution in [1.29, 1.82) is 0 Å². The van der Waals surface area contributed by atoms with Gasteiger partial charge in [0.1, 0.15) is 11.9 Å². The van der Waals surface area contributed by atoms with Crippen LogP contribution in [0.1, 0.15) is 30.3 Å². The number of phenolic OH excluding ortho intramolecular Hbond substituents is 1. The molecule has 1 aromatic carbocycles. The van der Waals surface area contributed by atoms with Gasteiger partial charge in [-0.15, -0.1) is 0 Å². The molecule has 0 bridgehead atoms. The highest BCUT2D eigenvalue weighted by atomic mass is 32.1. The van der Waals surface area contributed by atoms with E-state index in [4.69, 9.17) is 17.0 Å². The van der Waals surface area contributed by atoms with E-state index in [2.05, 4.69) is 15.3 Å². The smallest absolute Gasteiger partial charge is 0.216 e. The Morgan fingerprint density at radius 3 is 2.95 bits per heavy atom. The molecule has 1 fully saturated rings. The average molecular weight is 290 g/mol. The third-order valence-corrected chi connectivity index (χ3v) is 3.37. The van der Waals surface area contributed by atoms with Crippen LogP contribution in [-0.2, 0) is 4.74 Å². The topological polar surface area (TPSA) is 75.4 Å². The lowest BCUT2D eigenvalue weighted by molar-refractivity contribution is 0.102. The van der Waals surface area contributed by atoms with Crippen LogP contribution in [0, 0.1) is 4.77 Å². The molecular formula is C13H14N4O2S. The Balaban J connectivity index is 1.88. The van der Waals surface area contributed by atoms with Crippen molar-refractivity contribution in [1.82, 2.24) is 14.9 Å². The summed E-state index contributed by atoms with van der Waals surface area (Å²) in [5.41, 5.74) is 0.865. The minimum Gasteiger partial charge on any atom is -0.508 e. The maximum Gasteiger partial charge on any atom is 0.216 e. The van der Waals surface area contributed by atoms with E-state index in [9.17, 15) is 5.11 Å². The Morgan fingerprint density at radius 1 is 1.45 bits per heavy atom. The lowest BCUT2D eigenvalue weighted by Gasteiger charge is -2.07. The Hall–Kier alpha value is -1.99. The standard InChI is InChI=1S/C13H14N4O2S/c18-10-5-3-9(4-6-10)8-14-17-12(15-16-13(17)20)11-2-1-7-19-11/h3-6,8,11,18H,1-2,7H2,(H,16,20)/b14-8+/t11-/m1/s1. The molecule has 0 spiro atoms. The molecule has 7 heteroatoms. The third kappa shape index (κ3) is 2.63. The summed E-state index contributed by atoms with van der Waals surface area (Å²) in [6.45, 7) is 0.742. The molecule has 3 rings (SSSR count). The van der Waals surface area contributed by atoms with E-state index in [1.165, 1.54) is 0 Å². The predicted molar refractivity (Wildman–Crippen MR) is 76.4 cm³/mol. The fourth-order valence-corrected chi connectivity index (χ4v) is 2.28. The normalized spacial score (nSPS) is 18.9. The van der Waals surface area contributed by atoms with Gasteiger partial charge in [0.15, 0.2) is 5.82 Å². The summed E-state index contributed by atoms with van der Waals surface area (Å²) >= 11 is 5.18. The Morgan fingerprint density at radius 2 is 2.25 bits per heavy atom. The fourth-order valence-electron chi connectivity index (χ4n) is 2.09. The Kier molecular flexibility index (Phi) is 3.62. The van der Waals surface area contributed by atoms with E-state index < -0.39 is 0 Å². The zero-order chi connectivity index (χ0) is 13.9. The number of aromatic hydroxyl groups is 1. The monoisotopic (exact) mass is 290 g/mol. The first-order chi connectivity index (χ1) is 9.74. The average Bonchev–Trinajstić information content (AvgIpc) is 3.08. The summed E-state index contributed by atoms with van der Waals surface area (Å²) in [6.07, 6.45) is 3.56. The van der Waals surface area contributed by atoms with Crippen LogP contribution in [0.25, 0.3) is 0 Å². The SMILES string of the molecule is Oc1ccc(/C=N/n2c([C@H]3CCCO3)n[nH]c2=S)cc1. The van der Waals surface area contributed by atoms with Crippen LogP contribution in [-0.4, -0.2) is 32.8 Å². The minimum absolute atomic E-state index is 0.0556. The van der Waals surface area contributed by atoms with E-state index in [1.54, 1.807) is 35.2 Å². The maximum atomic E-state index is 9.24. The molecule has 1 saturated heterocycles. The second-order valence-electron chi connectivity index (χ2n) is 4.54. The van der Waals surface area contributed by atoms with Crippen LogP contribution in [0.2, 0.25) is 0 Å². The molecule has 0 aliphatic carbocycles. The van der Waals surface area contributed by atoms with Crippen molar-refractivity contribution in [2.75, 3.05) is 6.61 Å². The van der Waals surface area contributed by atoms with E-state index >= 15 is 0 Å². The second kappa shape index (κ2) is 5.56. The van der Waals surface area contributed by atoms with Gasteiger partial charge in [-0.3, -0.25) is 5.10 Å².